The number of aromatic nitrogens is 4. The molecule has 7 nitrogen and oxygen atoms in total. The van der Waals surface area contributed by atoms with Crippen LogP contribution in [-0.4, -0.2) is 45.2 Å². The molecule has 0 bridgehead atoms. The van der Waals surface area contributed by atoms with Crippen molar-refractivity contribution in [1.82, 2.24) is 25.5 Å². The summed E-state index contributed by atoms with van der Waals surface area (Å²) in [6.45, 7) is 1.66. The predicted octanol–water partition coefficient (Wildman–Crippen LogP) is 2.00. The summed E-state index contributed by atoms with van der Waals surface area (Å²) in [6.07, 6.45) is 9.72. The molecule has 1 aliphatic carbocycles. The van der Waals surface area contributed by atoms with E-state index in [1.54, 1.807) is 6.20 Å². The number of carbonyl (C=O) groups excluding carboxylic acids is 1. The Morgan fingerprint density at radius 3 is 3.04 bits per heavy atom. The van der Waals surface area contributed by atoms with Crippen molar-refractivity contribution in [2.45, 2.75) is 31.7 Å². The molecule has 2 aliphatic rings. The number of anilines is 1. The molecule has 0 aromatic carbocycles. The molecule has 7 heteroatoms. The molecular formula is C18H20N6O. The first kappa shape index (κ1) is 14.6. The lowest BCUT2D eigenvalue weighted by Gasteiger charge is -2.34. The van der Waals surface area contributed by atoms with Gasteiger partial charge in [-0.3, -0.25) is 9.78 Å². The van der Waals surface area contributed by atoms with E-state index in [0.717, 1.165) is 66.4 Å². The number of amides is 1. The molecule has 5 rings (SSSR count). The minimum atomic E-state index is 0.0427. The average Bonchev–Trinajstić information content (AvgIpc) is 3.33. The number of piperidine rings is 1. The van der Waals surface area contributed by atoms with Crippen LogP contribution in [0.4, 0.5) is 5.69 Å². The van der Waals surface area contributed by atoms with Gasteiger partial charge in [-0.1, -0.05) is 0 Å². The van der Waals surface area contributed by atoms with Gasteiger partial charge < -0.3 is 15.2 Å². The Morgan fingerprint density at radius 2 is 2.16 bits per heavy atom. The smallest absolute Gasteiger partial charge is 0.225 e. The first-order valence-electron chi connectivity index (χ1n) is 8.92. The molecule has 4 heterocycles. The number of H-pyrrole nitrogens is 1. The maximum atomic E-state index is 12.5. The van der Waals surface area contributed by atoms with Crippen LogP contribution in [0.1, 0.15) is 25.7 Å². The summed E-state index contributed by atoms with van der Waals surface area (Å²) >= 11 is 0. The minimum absolute atomic E-state index is 0.0427. The van der Waals surface area contributed by atoms with Gasteiger partial charge >= 0.3 is 0 Å². The molecule has 2 N–H and O–H groups in total. The molecule has 3 aromatic heterocycles. The lowest BCUT2D eigenvalue weighted by atomic mass is 9.96. The Labute approximate surface area is 144 Å². The fourth-order valence-electron chi connectivity index (χ4n) is 3.74. The van der Waals surface area contributed by atoms with E-state index in [2.05, 4.69) is 30.4 Å². The van der Waals surface area contributed by atoms with Crippen LogP contribution in [0.25, 0.3) is 21.9 Å². The zero-order chi connectivity index (χ0) is 16.8. The molecule has 1 saturated heterocycles. The molecule has 0 spiro atoms. The summed E-state index contributed by atoms with van der Waals surface area (Å²) in [5, 5.41) is 13.8. The third kappa shape index (κ3) is 2.59. The number of fused-ring (bicyclic) bond motifs is 3. The number of pyridine rings is 1. The van der Waals surface area contributed by atoms with Gasteiger partial charge in [0.2, 0.25) is 5.91 Å². The van der Waals surface area contributed by atoms with Gasteiger partial charge in [-0.15, -0.1) is 10.2 Å². The van der Waals surface area contributed by atoms with Gasteiger partial charge in [0.05, 0.1) is 24.0 Å². The summed E-state index contributed by atoms with van der Waals surface area (Å²) < 4.78 is 0. The molecule has 1 unspecified atom stereocenters. The maximum Gasteiger partial charge on any atom is 0.225 e. The highest BCUT2D eigenvalue weighted by Crippen LogP contribution is 2.33. The van der Waals surface area contributed by atoms with E-state index in [-0.39, 0.29) is 11.8 Å². The normalized spacial score (nSPS) is 21.0. The predicted molar refractivity (Wildman–Crippen MR) is 95.3 cm³/mol. The van der Waals surface area contributed by atoms with E-state index >= 15 is 0 Å². The summed E-state index contributed by atoms with van der Waals surface area (Å²) in [4.78, 5) is 22.2. The molecule has 3 aromatic rings. The van der Waals surface area contributed by atoms with Crippen molar-refractivity contribution < 1.29 is 4.79 Å². The van der Waals surface area contributed by atoms with Crippen LogP contribution < -0.4 is 10.2 Å². The SMILES string of the molecule is O=C(NC1CC1)C1CCCN(c2cncc3nnc4[nH]ccc4c23)C1. The third-order valence-electron chi connectivity index (χ3n) is 5.21. The summed E-state index contributed by atoms with van der Waals surface area (Å²) in [6, 6.07) is 2.44. The van der Waals surface area contributed by atoms with E-state index in [1.165, 1.54) is 0 Å². The standard InChI is InChI=1S/C18H20N6O/c25-18(21-12-3-4-12)11-2-1-7-24(10-11)15-9-19-8-14-16(15)13-5-6-20-17(13)23-22-14/h5-6,8-9,11-12H,1-4,7,10H2,(H,20,23)(H,21,25). The maximum absolute atomic E-state index is 12.5. The van der Waals surface area contributed by atoms with Crippen molar-refractivity contribution in [2.24, 2.45) is 5.92 Å². The monoisotopic (exact) mass is 336 g/mol. The Kier molecular flexibility index (Phi) is 3.33. The number of nitrogens with one attached hydrogen (secondary N) is 2. The van der Waals surface area contributed by atoms with Crippen LogP contribution in [0, 0.1) is 5.92 Å². The highest BCUT2D eigenvalue weighted by molar-refractivity contribution is 6.09. The zero-order valence-corrected chi connectivity index (χ0v) is 13.9. The van der Waals surface area contributed by atoms with Crippen molar-refractivity contribution in [3.63, 3.8) is 0 Å². The molecule has 128 valence electrons. The first-order chi connectivity index (χ1) is 12.3. The average molecular weight is 336 g/mol. The summed E-state index contributed by atoms with van der Waals surface area (Å²) in [5.41, 5.74) is 2.61. The second-order valence-corrected chi connectivity index (χ2v) is 7.06. The minimum Gasteiger partial charge on any atom is -0.369 e. The van der Waals surface area contributed by atoms with Crippen molar-refractivity contribution in [2.75, 3.05) is 18.0 Å². The molecule has 1 amide bonds. The summed E-state index contributed by atoms with van der Waals surface area (Å²) in [7, 11) is 0. The number of hydrogen-bond acceptors (Lipinski definition) is 5. The van der Waals surface area contributed by atoms with Gasteiger partial charge in [-0.25, -0.2) is 0 Å². The van der Waals surface area contributed by atoms with E-state index in [1.807, 2.05) is 18.5 Å². The molecular weight excluding hydrogens is 316 g/mol. The van der Waals surface area contributed by atoms with E-state index in [9.17, 15) is 4.79 Å². The molecule has 1 aliphatic heterocycles. The Bertz CT molecular complexity index is 947. The first-order valence-corrected chi connectivity index (χ1v) is 8.92. The van der Waals surface area contributed by atoms with Crippen molar-refractivity contribution in [1.29, 1.82) is 0 Å². The van der Waals surface area contributed by atoms with Gasteiger partial charge in [0.25, 0.3) is 0 Å². The number of hydrogen-bond donors (Lipinski definition) is 2. The lowest BCUT2D eigenvalue weighted by Crippen LogP contribution is -2.43. The molecule has 2 fully saturated rings. The molecule has 0 radical (unpaired) electrons. The van der Waals surface area contributed by atoms with Crippen molar-refractivity contribution >= 4 is 33.5 Å². The Hall–Kier alpha value is -2.70. The Balaban J connectivity index is 1.51. The van der Waals surface area contributed by atoms with Gasteiger partial charge in [0, 0.05) is 36.1 Å². The largest absolute Gasteiger partial charge is 0.369 e. The van der Waals surface area contributed by atoms with Crippen LogP contribution in [0.3, 0.4) is 0 Å². The van der Waals surface area contributed by atoms with Crippen LogP contribution in [-0.2, 0) is 4.79 Å². The fraction of sp³-hybridized carbons (Fsp3) is 0.444. The number of nitrogens with zero attached hydrogens (tertiary/aromatic N) is 4. The molecule has 1 atom stereocenters. The van der Waals surface area contributed by atoms with Crippen LogP contribution in [0.15, 0.2) is 24.7 Å². The van der Waals surface area contributed by atoms with Gasteiger partial charge in [-0.05, 0) is 31.7 Å². The van der Waals surface area contributed by atoms with Crippen molar-refractivity contribution in [3.8, 4) is 0 Å². The van der Waals surface area contributed by atoms with Gasteiger partial charge in [-0.2, -0.15) is 0 Å². The second kappa shape index (κ2) is 5.68. The summed E-state index contributed by atoms with van der Waals surface area (Å²) in [5.74, 6) is 0.244. The third-order valence-corrected chi connectivity index (χ3v) is 5.21. The van der Waals surface area contributed by atoms with E-state index < -0.39 is 0 Å². The fourth-order valence-corrected chi connectivity index (χ4v) is 3.74. The Morgan fingerprint density at radius 1 is 1.24 bits per heavy atom. The number of carbonyl (C=O) groups is 1. The van der Waals surface area contributed by atoms with Crippen molar-refractivity contribution in [3.05, 3.63) is 24.7 Å². The van der Waals surface area contributed by atoms with Gasteiger partial charge in [0.15, 0.2) is 5.65 Å². The lowest BCUT2D eigenvalue weighted by molar-refractivity contribution is -0.125. The molecule has 1 saturated carbocycles. The zero-order valence-electron chi connectivity index (χ0n) is 13.9. The second-order valence-electron chi connectivity index (χ2n) is 7.06. The van der Waals surface area contributed by atoms with Crippen LogP contribution in [0.5, 0.6) is 0 Å². The van der Waals surface area contributed by atoms with Crippen LogP contribution in [0.2, 0.25) is 0 Å². The van der Waals surface area contributed by atoms with E-state index in [4.69, 9.17) is 0 Å². The highest BCUT2D eigenvalue weighted by Gasteiger charge is 2.31. The topological polar surface area (TPSA) is 86.8 Å². The quantitative estimate of drug-likeness (QED) is 0.764. The number of rotatable bonds is 3. The van der Waals surface area contributed by atoms with Gasteiger partial charge in [0.1, 0.15) is 5.52 Å². The molecule has 25 heavy (non-hydrogen) atoms. The van der Waals surface area contributed by atoms with E-state index in [0.29, 0.717) is 6.04 Å². The highest BCUT2D eigenvalue weighted by atomic mass is 16.2. The van der Waals surface area contributed by atoms with Crippen LogP contribution >= 0.6 is 0 Å². The number of aromatic amines is 1.